The summed E-state index contributed by atoms with van der Waals surface area (Å²) < 4.78 is 5.76. The molecule has 0 radical (unpaired) electrons. The van der Waals surface area contributed by atoms with Crippen molar-refractivity contribution in [3.8, 4) is 5.75 Å². The smallest absolute Gasteiger partial charge is 0.335 e. The van der Waals surface area contributed by atoms with Crippen molar-refractivity contribution in [2.75, 3.05) is 4.90 Å². The van der Waals surface area contributed by atoms with Gasteiger partial charge in [0.2, 0.25) is 0 Å². The van der Waals surface area contributed by atoms with Gasteiger partial charge in [0.15, 0.2) is 0 Å². The fourth-order valence-corrected chi connectivity index (χ4v) is 3.32. The number of carbonyl (C=O) groups is 3. The van der Waals surface area contributed by atoms with Gasteiger partial charge in [-0.2, -0.15) is 0 Å². The van der Waals surface area contributed by atoms with Crippen LogP contribution in [0.5, 0.6) is 5.75 Å². The van der Waals surface area contributed by atoms with Crippen LogP contribution in [-0.4, -0.2) is 22.8 Å². The fraction of sp³-hybridized carbons (Fsp3) is 0.0800. The molecule has 0 bridgehead atoms. The van der Waals surface area contributed by atoms with Gasteiger partial charge in [-0.15, -0.1) is 0 Å². The van der Waals surface area contributed by atoms with Crippen LogP contribution in [0.1, 0.15) is 16.7 Å². The number of nitro benzene ring substituents is 1. The maximum Gasteiger partial charge on any atom is 0.335 e. The second-order valence-electron chi connectivity index (χ2n) is 7.58. The summed E-state index contributed by atoms with van der Waals surface area (Å²) in [6.07, 6.45) is 1.35. The predicted octanol–water partition coefficient (Wildman–Crippen LogP) is 4.15. The Balaban J connectivity index is 1.53. The minimum absolute atomic E-state index is 0.0186. The average Bonchev–Trinajstić information content (AvgIpc) is 2.82. The Kier molecular flexibility index (Phi) is 6.18. The molecule has 1 fully saturated rings. The van der Waals surface area contributed by atoms with Crippen molar-refractivity contribution in [2.24, 2.45) is 0 Å². The Hall–Kier alpha value is -4.79. The Bertz CT molecular complexity index is 1310. The molecule has 0 saturated carbocycles. The summed E-state index contributed by atoms with van der Waals surface area (Å²) in [6, 6.07) is 18.8. The van der Waals surface area contributed by atoms with Crippen molar-refractivity contribution in [1.29, 1.82) is 0 Å². The number of rotatable bonds is 6. The average molecular weight is 457 g/mol. The molecule has 1 aliphatic heterocycles. The first-order chi connectivity index (χ1) is 16.3. The Labute approximate surface area is 194 Å². The van der Waals surface area contributed by atoms with Crippen LogP contribution in [0.3, 0.4) is 0 Å². The van der Waals surface area contributed by atoms with Crippen molar-refractivity contribution in [1.82, 2.24) is 5.32 Å². The number of aryl methyl sites for hydroxylation is 1. The summed E-state index contributed by atoms with van der Waals surface area (Å²) in [7, 11) is 0. The lowest BCUT2D eigenvalue weighted by Gasteiger charge is -2.26. The van der Waals surface area contributed by atoms with Crippen LogP contribution < -0.4 is 15.0 Å². The summed E-state index contributed by atoms with van der Waals surface area (Å²) in [6.45, 7) is 2.40. The molecule has 1 N–H and O–H groups in total. The zero-order chi connectivity index (χ0) is 24.2. The number of anilines is 1. The lowest BCUT2D eigenvalue weighted by molar-refractivity contribution is -0.384. The molecule has 0 atom stereocenters. The maximum absolute atomic E-state index is 13.0. The topological polar surface area (TPSA) is 119 Å². The molecule has 0 unspecified atom stereocenters. The van der Waals surface area contributed by atoms with E-state index in [0.29, 0.717) is 22.8 Å². The number of non-ortho nitro benzene ring substituents is 1. The van der Waals surface area contributed by atoms with Crippen molar-refractivity contribution in [3.05, 3.63) is 105 Å². The van der Waals surface area contributed by atoms with Gasteiger partial charge < -0.3 is 4.74 Å². The van der Waals surface area contributed by atoms with E-state index in [2.05, 4.69) is 5.32 Å². The molecule has 3 aromatic rings. The second-order valence-corrected chi connectivity index (χ2v) is 7.58. The van der Waals surface area contributed by atoms with Crippen molar-refractivity contribution in [2.45, 2.75) is 13.5 Å². The Morgan fingerprint density at radius 3 is 2.38 bits per heavy atom. The maximum atomic E-state index is 13.0. The van der Waals surface area contributed by atoms with Gasteiger partial charge in [-0.3, -0.25) is 25.0 Å². The van der Waals surface area contributed by atoms with E-state index < -0.39 is 22.8 Å². The molecule has 1 aliphatic rings. The van der Waals surface area contributed by atoms with Crippen LogP contribution in [0.4, 0.5) is 16.2 Å². The van der Waals surface area contributed by atoms with Gasteiger partial charge in [0.25, 0.3) is 17.5 Å². The molecular weight excluding hydrogens is 438 g/mol. The van der Waals surface area contributed by atoms with Gasteiger partial charge in [0.05, 0.1) is 10.6 Å². The van der Waals surface area contributed by atoms with E-state index in [1.54, 1.807) is 24.3 Å². The lowest BCUT2D eigenvalue weighted by Crippen LogP contribution is -2.54. The van der Waals surface area contributed by atoms with Gasteiger partial charge in [-0.05, 0) is 42.3 Å². The first kappa shape index (κ1) is 22.4. The molecule has 4 amide bonds. The highest BCUT2D eigenvalue weighted by atomic mass is 16.6. The van der Waals surface area contributed by atoms with E-state index in [9.17, 15) is 24.5 Å². The van der Waals surface area contributed by atoms with E-state index >= 15 is 0 Å². The van der Waals surface area contributed by atoms with Gasteiger partial charge in [0.1, 0.15) is 17.9 Å². The van der Waals surface area contributed by atoms with Gasteiger partial charge in [-0.25, -0.2) is 9.69 Å². The number of urea groups is 1. The SMILES string of the molecule is Cc1ccc(COc2ccc(/C=C3\C(=O)NC(=O)N(c4cccc([N+](=O)[O-])c4)C3=O)cc2)cc1. The first-order valence-electron chi connectivity index (χ1n) is 10.3. The van der Waals surface area contributed by atoms with Gasteiger partial charge >= 0.3 is 6.03 Å². The first-order valence-corrected chi connectivity index (χ1v) is 10.3. The highest BCUT2D eigenvalue weighted by Gasteiger charge is 2.37. The summed E-state index contributed by atoms with van der Waals surface area (Å²) in [5.74, 6) is -1.12. The Morgan fingerprint density at radius 2 is 1.71 bits per heavy atom. The molecule has 0 spiro atoms. The van der Waals surface area contributed by atoms with Gasteiger partial charge in [0, 0.05) is 12.1 Å². The zero-order valence-electron chi connectivity index (χ0n) is 18.1. The summed E-state index contributed by atoms with van der Waals surface area (Å²) in [5, 5.41) is 13.1. The molecule has 34 heavy (non-hydrogen) atoms. The van der Waals surface area contributed by atoms with E-state index in [1.807, 2.05) is 31.2 Å². The normalized spacial score (nSPS) is 14.8. The number of nitrogens with zero attached hydrogens (tertiary/aromatic N) is 2. The number of hydrogen-bond acceptors (Lipinski definition) is 6. The molecule has 9 heteroatoms. The number of barbiturate groups is 1. The molecule has 9 nitrogen and oxygen atoms in total. The number of ether oxygens (including phenoxy) is 1. The zero-order valence-corrected chi connectivity index (χ0v) is 18.1. The molecule has 1 heterocycles. The van der Waals surface area contributed by atoms with Crippen LogP contribution in [0, 0.1) is 17.0 Å². The molecule has 3 aromatic carbocycles. The lowest BCUT2D eigenvalue weighted by atomic mass is 10.1. The number of imide groups is 2. The number of carbonyl (C=O) groups excluding carboxylic acids is 3. The van der Waals surface area contributed by atoms with Crippen molar-refractivity contribution >= 4 is 35.3 Å². The summed E-state index contributed by atoms with van der Waals surface area (Å²) in [5.41, 5.74) is 2.13. The summed E-state index contributed by atoms with van der Waals surface area (Å²) in [4.78, 5) is 48.7. The molecule has 0 aliphatic carbocycles. The third-order valence-electron chi connectivity index (χ3n) is 5.12. The van der Waals surface area contributed by atoms with E-state index in [1.165, 1.54) is 24.3 Å². The molecule has 4 rings (SSSR count). The van der Waals surface area contributed by atoms with E-state index in [0.717, 1.165) is 17.2 Å². The van der Waals surface area contributed by atoms with Crippen LogP contribution in [-0.2, 0) is 16.2 Å². The molecular formula is C25H19N3O6. The van der Waals surface area contributed by atoms with Crippen molar-refractivity contribution < 1.29 is 24.0 Å². The number of nitrogens with one attached hydrogen (secondary N) is 1. The van der Waals surface area contributed by atoms with Crippen LogP contribution in [0.15, 0.2) is 78.4 Å². The minimum atomic E-state index is -0.979. The highest BCUT2D eigenvalue weighted by molar-refractivity contribution is 6.39. The third-order valence-corrected chi connectivity index (χ3v) is 5.12. The molecule has 0 aromatic heterocycles. The Morgan fingerprint density at radius 1 is 1.00 bits per heavy atom. The summed E-state index contributed by atoms with van der Waals surface area (Å²) >= 11 is 0. The second kappa shape index (κ2) is 9.37. The van der Waals surface area contributed by atoms with Crippen molar-refractivity contribution in [3.63, 3.8) is 0 Å². The largest absolute Gasteiger partial charge is 0.489 e. The molecule has 170 valence electrons. The van der Waals surface area contributed by atoms with Crippen LogP contribution >= 0.6 is 0 Å². The quantitative estimate of drug-likeness (QED) is 0.257. The minimum Gasteiger partial charge on any atom is -0.489 e. The molecule has 1 saturated heterocycles. The predicted molar refractivity (Wildman–Crippen MR) is 124 cm³/mol. The third kappa shape index (κ3) is 4.83. The van der Waals surface area contributed by atoms with Crippen LogP contribution in [0.25, 0.3) is 6.08 Å². The highest BCUT2D eigenvalue weighted by Crippen LogP contribution is 2.26. The van der Waals surface area contributed by atoms with Crippen LogP contribution in [0.2, 0.25) is 0 Å². The number of amides is 4. The number of nitro groups is 1. The fourth-order valence-electron chi connectivity index (χ4n) is 3.32. The number of benzene rings is 3. The standard InChI is InChI=1S/C25H19N3O6/c1-16-5-7-18(8-6-16)15-34-21-11-9-17(10-12-21)13-22-23(29)26-25(31)27(24(22)30)19-3-2-4-20(14-19)28(32)33/h2-14H,15H2,1H3,(H,26,29,31)/b22-13+. The van der Waals surface area contributed by atoms with E-state index in [4.69, 9.17) is 4.74 Å². The van der Waals surface area contributed by atoms with Gasteiger partial charge in [-0.1, -0.05) is 48.0 Å². The number of hydrogen-bond donors (Lipinski definition) is 1. The van der Waals surface area contributed by atoms with E-state index in [-0.39, 0.29) is 16.9 Å². The monoisotopic (exact) mass is 457 g/mol.